The van der Waals surface area contributed by atoms with Gasteiger partial charge in [0.15, 0.2) is 0 Å². The Bertz CT molecular complexity index is 599. The number of carbonyl (C=O) groups is 1. The second-order valence-electron chi connectivity index (χ2n) is 5.28. The summed E-state index contributed by atoms with van der Waals surface area (Å²) in [5, 5.41) is 11.0. The number of hydrogen-bond donors (Lipinski definition) is 1. The van der Waals surface area contributed by atoms with Crippen LogP contribution in [0.25, 0.3) is 0 Å². The molecule has 1 aliphatic rings. The molecular weight excluding hydrogens is 252 g/mol. The zero-order chi connectivity index (χ0) is 13.9. The molecule has 1 aromatic carbocycles. The van der Waals surface area contributed by atoms with Crippen LogP contribution in [0, 0.1) is 6.92 Å². The Morgan fingerprint density at radius 1 is 1.35 bits per heavy atom. The monoisotopic (exact) mass is 270 g/mol. The zero-order valence-electron chi connectivity index (χ0n) is 11.5. The van der Waals surface area contributed by atoms with E-state index in [1.54, 1.807) is 6.33 Å². The van der Waals surface area contributed by atoms with Gasteiger partial charge in [0, 0.05) is 24.6 Å². The van der Waals surface area contributed by atoms with Crippen molar-refractivity contribution in [3.05, 3.63) is 47.5 Å². The Kier molecular flexibility index (Phi) is 3.50. The van der Waals surface area contributed by atoms with Crippen LogP contribution in [0.2, 0.25) is 0 Å². The van der Waals surface area contributed by atoms with Crippen LogP contribution >= 0.6 is 0 Å². The number of carbonyl (C=O) groups excluding carboxylic acids is 1. The van der Waals surface area contributed by atoms with Gasteiger partial charge in [0.05, 0.1) is 0 Å². The number of nitrogens with one attached hydrogen (secondary N) is 1. The van der Waals surface area contributed by atoms with Crippen molar-refractivity contribution in [1.29, 1.82) is 0 Å². The second kappa shape index (κ2) is 5.45. The van der Waals surface area contributed by atoms with Crippen LogP contribution in [0.4, 0.5) is 0 Å². The largest absolute Gasteiger partial charge is 0.350 e. The molecule has 1 aromatic heterocycles. The minimum atomic E-state index is -0.0361. The van der Waals surface area contributed by atoms with E-state index in [0.29, 0.717) is 18.0 Å². The van der Waals surface area contributed by atoms with Gasteiger partial charge in [-0.05, 0) is 31.9 Å². The van der Waals surface area contributed by atoms with Crippen molar-refractivity contribution < 1.29 is 4.79 Å². The van der Waals surface area contributed by atoms with E-state index in [1.165, 1.54) is 12.8 Å². The lowest BCUT2D eigenvalue weighted by Gasteiger charge is -2.08. The molecule has 0 spiro atoms. The quantitative estimate of drug-likeness (QED) is 0.902. The van der Waals surface area contributed by atoms with Gasteiger partial charge in [-0.1, -0.05) is 17.7 Å². The Labute approximate surface area is 118 Å². The average Bonchev–Trinajstić information content (AvgIpc) is 3.19. The fourth-order valence-electron chi connectivity index (χ4n) is 2.19. The van der Waals surface area contributed by atoms with E-state index in [1.807, 2.05) is 35.8 Å². The third-order valence-corrected chi connectivity index (χ3v) is 3.54. The Hall–Kier alpha value is -2.17. The van der Waals surface area contributed by atoms with Crippen LogP contribution in [0.5, 0.6) is 0 Å². The van der Waals surface area contributed by atoms with Crippen molar-refractivity contribution in [2.75, 3.05) is 6.54 Å². The first-order valence-corrected chi connectivity index (χ1v) is 6.96. The third-order valence-electron chi connectivity index (χ3n) is 3.54. The third kappa shape index (κ3) is 2.87. The van der Waals surface area contributed by atoms with E-state index in [-0.39, 0.29) is 5.91 Å². The van der Waals surface area contributed by atoms with E-state index in [4.69, 9.17) is 0 Å². The fourth-order valence-corrected chi connectivity index (χ4v) is 2.19. The van der Waals surface area contributed by atoms with Crippen molar-refractivity contribution in [2.45, 2.75) is 32.2 Å². The highest BCUT2D eigenvalue weighted by Crippen LogP contribution is 2.38. The molecule has 0 atom stereocenters. The highest BCUT2D eigenvalue weighted by atomic mass is 16.1. The smallest absolute Gasteiger partial charge is 0.251 e. The van der Waals surface area contributed by atoms with E-state index in [2.05, 4.69) is 15.5 Å². The number of rotatable bonds is 5. The molecule has 5 heteroatoms. The molecule has 2 aromatic rings. The number of nitrogens with zero attached hydrogens (tertiary/aromatic N) is 3. The maximum atomic E-state index is 12.0. The molecule has 104 valence electrons. The van der Waals surface area contributed by atoms with Crippen LogP contribution in [0.15, 0.2) is 30.6 Å². The molecule has 1 fully saturated rings. The molecule has 20 heavy (non-hydrogen) atoms. The lowest BCUT2D eigenvalue weighted by molar-refractivity contribution is 0.0952. The summed E-state index contributed by atoms with van der Waals surface area (Å²) in [5.41, 5.74) is 1.85. The van der Waals surface area contributed by atoms with Crippen LogP contribution in [-0.4, -0.2) is 27.2 Å². The van der Waals surface area contributed by atoms with Gasteiger partial charge < -0.3 is 9.88 Å². The number of aryl methyl sites for hydroxylation is 1. The predicted molar refractivity (Wildman–Crippen MR) is 75.5 cm³/mol. The lowest BCUT2D eigenvalue weighted by atomic mass is 10.1. The normalized spacial score (nSPS) is 14.2. The first-order chi connectivity index (χ1) is 9.74. The molecule has 0 unspecified atom stereocenters. The van der Waals surface area contributed by atoms with Crippen molar-refractivity contribution in [2.24, 2.45) is 0 Å². The molecule has 0 aliphatic heterocycles. The first-order valence-electron chi connectivity index (χ1n) is 6.96. The average molecular weight is 270 g/mol. The Morgan fingerprint density at radius 2 is 2.10 bits per heavy atom. The summed E-state index contributed by atoms with van der Waals surface area (Å²) in [6.45, 7) is 3.31. The van der Waals surface area contributed by atoms with Crippen molar-refractivity contribution >= 4 is 5.91 Å². The van der Waals surface area contributed by atoms with Crippen LogP contribution in [0.1, 0.15) is 40.5 Å². The molecular formula is C15H18N4O. The molecule has 0 radical (unpaired) electrons. The fraction of sp³-hybridized carbons (Fsp3) is 0.400. The minimum absolute atomic E-state index is 0.0361. The highest BCUT2D eigenvalue weighted by Gasteiger charge is 2.28. The van der Waals surface area contributed by atoms with Crippen molar-refractivity contribution in [1.82, 2.24) is 20.1 Å². The van der Waals surface area contributed by atoms with Gasteiger partial charge in [0.25, 0.3) is 5.91 Å². The van der Waals surface area contributed by atoms with Gasteiger partial charge in [-0.2, -0.15) is 0 Å². The number of benzene rings is 1. The SMILES string of the molecule is Cc1ccc(C(=O)NCCn2cnnc2C2CC2)cc1. The topological polar surface area (TPSA) is 59.8 Å². The maximum Gasteiger partial charge on any atom is 0.251 e. The van der Waals surface area contributed by atoms with Crippen LogP contribution in [0.3, 0.4) is 0 Å². The zero-order valence-corrected chi connectivity index (χ0v) is 11.5. The molecule has 1 heterocycles. The standard InChI is InChI=1S/C15H18N4O/c1-11-2-4-13(5-3-11)15(20)16-8-9-19-10-17-18-14(19)12-6-7-12/h2-5,10,12H,6-9H2,1H3,(H,16,20). The van der Waals surface area contributed by atoms with E-state index in [0.717, 1.165) is 17.9 Å². The predicted octanol–water partition coefficient (Wildman–Crippen LogP) is 1.89. The summed E-state index contributed by atoms with van der Waals surface area (Å²) in [6, 6.07) is 7.58. The highest BCUT2D eigenvalue weighted by molar-refractivity contribution is 5.94. The summed E-state index contributed by atoms with van der Waals surface area (Å²) in [4.78, 5) is 12.0. The van der Waals surface area contributed by atoms with Crippen LogP contribution < -0.4 is 5.32 Å². The van der Waals surface area contributed by atoms with Gasteiger partial charge in [-0.25, -0.2) is 0 Å². The molecule has 1 amide bonds. The van der Waals surface area contributed by atoms with E-state index < -0.39 is 0 Å². The molecule has 0 saturated heterocycles. The number of hydrogen-bond acceptors (Lipinski definition) is 3. The molecule has 1 aliphatic carbocycles. The van der Waals surface area contributed by atoms with E-state index >= 15 is 0 Å². The summed E-state index contributed by atoms with van der Waals surface area (Å²) in [7, 11) is 0. The van der Waals surface area contributed by atoms with E-state index in [9.17, 15) is 4.79 Å². The Morgan fingerprint density at radius 3 is 2.80 bits per heavy atom. The second-order valence-corrected chi connectivity index (χ2v) is 5.28. The van der Waals surface area contributed by atoms with Gasteiger partial charge in [0.1, 0.15) is 12.2 Å². The molecule has 1 N–H and O–H groups in total. The van der Waals surface area contributed by atoms with Gasteiger partial charge in [-0.15, -0.1) is 10.2 Å². The van der Waals surface area contributed by atoms with Gasteiger partial charge in [-0.3, -0.25) is 4.79 Å². The minimum Gasteiger partial charge on any atom is -0.350 e. The van der Waals surface area contributed by atoms with Gasteiger partial charge in [0.2, 0.25) is 0 Å². The molecule has 5 nitrogen and oxygen atoms in total. The number of aromatic nitrogens is 3. The van der Waals surface area contributed by atoms with Crippen molar-refractivity contribution in [3.8, 4) is 0 Å². The number of amides is 1. The van der Waals surface area contributed by atoms with Crippen molar-refractivity contribution in [3.63, 3.8) is 0 Å². The summed E-state index contributed by atoms with van der Waals surface area (Å²) in [5.74, 6) is 1.59. The van der Waals surface area contributed by atoms with Gasteiger partial charge >= 0.3 is 0 Å². The molecule has 1 saturated carbocycles. The summed E-state index contributed by atoms with van der Waals surface area (Å²) in [6.07, 6.45) is 4.15. The summed E-state index contributed by atoms with van der Waals surface area (Å²) < 4.78 is 2.03. The lowest BCUT2D eigenvalue weighted by Crippen LogP contribution is -2.27. The molecule has 0 bridgehead atoms. The Balaban J connectivity index is 1.53. The maximum absolute atomic E-state index is 12.0. The summed E-state index contributed by atoms with van der Waals surface area (Å²) >= 11 is 0. The first kappa shape index (κ1) is 12.8. The van der Waals surface area contributed by atoms with Crippen LogP contribution in [-0.2, 0) is 6.54 Å². The molecule has 3 rings (SSSR count).